The van der Waals surface area contributed by atoms with Gasteiger partial charge in [0.1, 0.15) is 6.10 Å². The molecule has 7 heteroatoms. The Balaban J connectivity index is -0.000000458. The predicted molar refractivity (Wildman–Crippen MR) is 138 cm³/mol. The van der Waals surface area contributed by atoms with Crippen LogP contribution in [0.25, 0.3) is 0 Å². The van der Waals surface area contributed by atoms with E-state index in [1.165, 1.54) is 96.8 Å². The van der Waals surface area contributed by atoms with Gasteiger partial charge in [-0.25, -0.2) is 4.79 Å². The van der Waals surface area contributed by atoms with Crippen LogP contribution in [0.4, 0.5) is 0 Å². The maximum Gasteiger partial charge on any atom is 0.332 e. The van der Waals surface area contributed by atoms with Crippen molar-refractivity contribution in [3.05, 3.63) is 0 Å². The van der Waals surface area contributed by atoms with Crippen molar-refractivity contribution in [3.8, 4) is 0 Å². The van der Waals surface area contributed by atoms with Gasteiger partial charge in [-0.3, -0.25) is 9.59 Å². The molecule has 0 heterocycles. The molecule has 0 rings (SSSR count). The van der Waals surface area contributed by atoms with Crippen LogP contribution < -0.4 is 0 Å². The number of unbranched alkanes of at least 4 members (excludes halogenated alkanes) is 16. The van der Waals surface area contributed by atoms with E-state index in [1.54, 1.807) is 0 Å². The first kappa shape index (κ1) is 36.9. The third kappa shape index (κ3) is 44.1. The molecule has 0 aliphatic heterocycles. The molecule has 0 aromatic rings. The van der Waals surface area contributed by atoms with Crippen LogP contribution in [0, 0.1) is 0 Å². The molecule has 0 spiro atoms. The van der Waals surface area contributed by atoms with E-state index in [0.717, 1.165) is 25.7 Å². The van der Waals surface area contributed by atoms with E-state index in [4.69, 9.17) is 20.4 Å². The third-order valence-corrected chi connectivity index (χ3v) is 5.35. The highest BCUT2D eigenvalue weighted by atomic mass is 16.4. The summed E-state index contributed by atoms with van der Waals surface area (Å²) in [6, 6.07) is 0. The molecule has 0 aliphatic rings. The van der Waals surface area contributed by atoms with Gasteiger partial charge in [-0.1, -0.05) is 117 Å². The van der Waals surface area contributed by atoms with E-state index < -0.39 is 24.0 Å². The Bertz CT molecular complexity index is 418. The molecule has 4 N–H and O–H groups in total. The van der Waals surface area contributed by atoms with Crippen LogP contribution in [0.1, 0.15) is 149 Å². The van der Waals surface area contributed by atoms with Gasteiger partial charge in [0, 0.05) is 12.8 Å². The molecule has 7 nitrogen and oxygen atoms in total. The van der Waals surface area contributed by atoms with Crippen molar-refractivity contribution >= 4 is 17.9 Å². The summed E-state index contributed by atoms with van der Waals surface area (Å²) in [5, 5.41) is 32.6. The second kappa shape index (κ2) is 31.4. The Labute approximate surface area is 208 Å². The lowest BCUT2D eigenvalue weighted by atomic mass is 10.1. The van der Waals surface area contributed by atoms with Crippen LogP contribution in [-0.2, 0) is 14.4 Å². The minimum atomic E-state index is -1.23. The highest BCUT2D eigenvalue weighted by Crippen LogP contribution is 2.11. The zero-order valence-electron chi connectivity index (χ0n) is 22.2. The first-order chi connectivity index (χ1) is 16.2. The number of carboxylic acids is 3. The van der Waals surface area contributed by atoms with Crippen molar-refractivity contribution in [3.63, 3.8) is 0 Å². The van der Waals surface area contributed by atoms with Crippen molar-refractivity contribution in [1.82, 2.24) is 0 Å². The van der Waals surface area contributed by atoms with E-state index in [1.807, 2.05) is 0 Å². The normalized spacial score (nSPS) is 10.9. The van der Waals surface area contributed by atoms with Crippen LogP contribution in [0.5, 0.6) is 0 Å². The molecule has 0 aromatic heterocycles. The average Bonchev–Trinajstić information content (AvgIpc) is 2.77. The number of carboxylic acid groups (broad SMARTS) is 3. The number of aliphatic carboxylic acids is 3. The second-order valence-electron chi connectivity index (χ2n) is 8.96. The molecule has 0 aromatic carbocycles. The van der Waals surface area contributed by atoms with Gasteiger partial charge in [0.05, 0.1) is 0 Å². The minimum absolute atomic E-state index is 0.343. The Morgan fingerprint density at radius 2 is 0.706 bits per heavy atom. The van der Waals surface area contributed by atoms with E-state index in [-0.39, 0.29) is 0 Å². The number of hydrogen-bond donors (Lipinski definition) is 4. The molecule has 0 amide bonds. The monoisotopic (exact) mass is 490 g/mol. The number of hydrogen-bond acceptors (Lipinski definition) is 4. The number of aliphatic hydroxyl groups is 1. The number of carbonyl (C=O) groups is 3. The second-order valence-corrected chi connectivity index (χ2v) is 8.96. The number of rotatable bonds is 21. The van der Waals surface area contributed by atoms with Crippen molar-refractivity contribution in [2.45, 2.75) is 155 Å². The maximum atomic E-state index is 10.2. The molecular weight excluding hydrogens is 436 g/mol. The zero-order valence-corrected chi connectivity index (χ0v) is 22.2. The van der Waals surface area contributed by atoms with Crippen LogP contribution in [0.15, 0.2) is 0 Å². The fraction of sp³-hybridized carbons (Fsp3) is 0.889. The van der Waals surface area contributed by atoms with Crippen molar-refractivity contribution in [2.24, 2.45) is 0 Å². The summed E-state index contributed by atoms with van der Waals surface area (Å²) in [4.78, 5) is 29.9. The van der Waals surface area contributed by atoms with E-state index in [9.17, 15) is 14.4 Å². The quantitative estimate of drug-likeness (QED) is 0.123. The van der Waals surface area contributed by atoms with Gasteiger partial charge in [0.25, 0.3) is 0 Å². The highest BCUT2D eigenvalue weighted by Gasteiger charge is 2.01. The topological polar surface area (TPSA) is 132 Å². The van der Waals surface area contributed by atoms with Crippen LogP contribution in [0.2, 0.25) is 0 Å². The number of aliphatic hydroxyl groups excluding tert-OH is 1. The van der Waals surface area contributed by atoms with E-state index >= 15 is 0 Å². The third-order valence-electron chi connectivity index (χ3n) is 5.35. The molecule has 0 radical (unpaired) electrons. The molecule has 1 atom stereocenters. The molecule has 34 heavy (non-hydrogen) atoms. The Hall–Kier alpha value is -1.63. The summed E-state index contributed by atoms with van der Waals surface area (Å²) in [5.74, 6) is -2.50. The predicted octanol–water partition coefficient (Wildman–Crippen LogP) is 7.44. The van der Waals surface area contributed by atoms with Gasteiger partial charge in [-0.15, -0.1) is 0 Å². The van der Waals surface area contributed by atoms with Crippen molar-refractivity contribution in [2.75, 3.05) is 0 Å². The van der Waals surface area contributed by atoms with Crippen LogP contribution in [-0.4, -0.2) is 44.4 Å². The summed E-state index contributed by atoms with van der Waals surface area (Å²) in [7, 11) is 0. The molecular formula is C27H54O7. The van der Waals surface area contributed by atoms with Gasteiger partial charge in [0.2, 0.25) is 0 Å². The van der Waals surface area contributed by atoms with Crippen molar-refractivity contribution in [1.29, 1.82) is 0 Å². The van der Waals surface area contributed by atoms with Crippen LogP contribution >= 0.6 is 0 Å². The summed E-state index contributed by atoms with van der Waals surface area (Å²) < 4.78 is 0. The van der Waals surface area contributed by atoms with Gasteiger partial charge in [0.15, 0.2) is 0 Å². The standard InChI is InChI=1S/2C12H24O2.C3H6O3/c2*1-2-3-4-5-6-7-8-9-10-11-12(13)14;1-2(4)3(5)6/h2*2-11H2,1H3,(H,13,14);2,4H,1H3,(H,5,6). The zero-order chi connectivity index (χ0) is 26.5. The fourth-order valence-electron chi connectivity index (χ4n) is 3.17. The van der Waals surface area contributed by atoms with E-state index in [2.05, 4.69) is 13.8 Å². The maximum absolute atomic E-state index is 10.2. The average molecular weight is 491 g/mol. The summed E-state index contributed by atoms with van der Waals surface area (Å²) in [6.07, 6.45) is 21.7. The first-order valence-electron chi connectivity index (χ1n) is 13.5. The summed E-state index contributed by atoms with van der Waals surface area (Å²) >= 11 is 0. The van der Waals surface area contributed by atoms with Crippen molar-refractivity contribution < 1.29 is 34.8 Å². The molecule has 0 saturated heterocycles. The lowest BCUT2D eigenvalue weighted by molar-refractivity contribution is -0.145. The van der Waals surface area contributed by atoms with Gasteiger partial charge >= 0.3 is 17.9 Å². The summed E-state index contributed by atoms with van der Waals surface area (Å²) in [5.41, 5.74) is 0. The van der Waals surface area contributed by atoms with Gasteiger partial charge < -0.3 is 20.4 Å². The Morgan fingerprint density at radius 1 is 0.500 bits per heavy atom. The molecule has 0 aliphatic carbocycles. The van der Waals surface area contributed by atoms with Crippen LogP contribution in [0.3, 0.4) is 0 Å². The molecule has 0 fully saturated rings. The summed E-state index contributed by atoms with van der Waals surface area (Å²) in [6.45, 7) is 5.65. The Kier molecular flexibility index (Phi) is 34.1. The van der Waals surface area contributed by atoms with Gasteiger partial charge in [-0.05, 0) is 19.8 Å². The minimum Gasteiger partial charge on any atom is -0.481 e. The lowest BCUT2D eigenvalue weighted by Crippen LogP contribution is -2.13. The molecule has 0 bridgehead atoms. The van der Waals surface area contributed by atoms with Gasteiger partial charge in [-0.2, -0.15) is 0 Å². The molecule has 1 unspecified atom stereocenters. The first-order valence-corrected chi connectivity index (χ1v) is 13.5. The fourth-order valence-corrected chi connectivity index (χ4v) is 3.17. The van der Waals surface area contributed by atoms with E-state index in [0.29, 0.717) is 12.8 Å². The lowest BCUT2D eigenvalue weighted by Gasteiger charge is -2.00. The Morgan fingerprint density at radius 3 is 0.882 bits per heavy atom. The highest BCUT2D eigenvalue weighted by molar-refractivity contribution is 5.71. The largest absolute Gasteiger partial charge is 0.481 e. The SMILES string of the molecule is CC(O)C(=O)O.CCCCCCCCCCCC(=O)O.CCCCCCCCCCCC(=O)O. The molecule has 204 valence electrons. The molecule has 0 saturated carbocycles. The smallest absolute Gasteiger partial charge is 0.332 e.